The minimum Gasteiger partial charge on any atom is -0.366 e. The number of aromatic nitrogens is 3. The third-order valence-corrected chi connectivity index (χ3v) is 2.73. The summed E-state index contributed by atoms with van der Waals surface area (Å²) in [5.41, 5.74) is 7.30. The van der Waals surface area contributed by atoms with Gasteiger partial charge in [-0.3, -0.25) is 9.36 Å². The van der Waals surface area contributed by atoms with E-state index in [9.17, 15) is 4.79 Å². The van der Waals surface area contributed by atoms with Crippen LogP contribution in [0, 0.1) is 0 Å². The Morgan fingerprint density at radius 1 is 1.17 bits per heavy atom. The highest BCUT2D eigenvalue weighted by atomic mass is 16.1. The van der Waals surface area contributed by atoms with E-state index in [0.717, 1.165) is 16.9 Å². The van der Waals surface area contributed by atoms with E-state index >= 15 is 0 Å². The number of nitrogens with two attached hydrogens (primary N) is 1. The van der Waals surface area contributed by atoms with Crippen LogP contribution in [0.4, 0.5) is 0 Å². The Bertz CT molecular complexity index is 718. The molecule has 0 saturated carbocycles. The van der Waals surface area contributed by atoms with Crippen LogP contribution < -0.4 is 5.73 Å². The van der Waals surface area contributed by atoms with Gasteiger partial charge in [0.1, 0.15) is 12.1 Å². The third kappa shape index (κ3) is 1.62. The van der Waals surface area contributed by atoms with Crippen LogP contribution in [0.5, 0.6) is 0 Å². The minimum absolute atomic E-state index is 0.453. The molecule has 0 aliphatic heterocycles. The Labute approximate surface area is 103 Å². The molecule has 1 aromatic carbocycles. The van der Waals surface area contributed by atoms with Gasteiger partial charge in [-0.25, -0.2) is 9.97 Å². The molecule has 2 heterocycles. The number of imidazole rings is 1. The number of hydrogen-bond acceptors (Lipinski definition) is 3. The molecular formula is C13H10N4O. The lowest BCUT2D eigenvalue weighted by molar-refractivity contribution is 0.100. The van der Waals surface area contributed by atoms with Crippen molar-refractivity contribution >= 4 is 16.9 Å². The number of rotatable bonds is 2. The van der Waals surface area contributed by atoms with Crippen molar-refractivity contribution in [1.29, 1.82) is 0 Å². The Hall–Kier alpha value is -2.69. The average molecular weight is 238 g/mol. The fourth-order valence-electron chi connectivity index (χ4n) is 1.84. The van der Waals surface area contributed by atoms with Crippen LogP contribution in [-0.4, -0.2) is 20.4 Å². The van der Waals surface area contributed by atoms with Crippen molar-refractivity contribution in [2.45, 2.75) is 0 Å². The number of benzene rings is 1. The van der Waals surface area contributed by atoms with Gasteiger partial charge < -0.3 is 5.73 Å². The molecule has 0 unspecified atom stereocenters. The summed E-state index contributed by atoms with van der Waals surface area (Å²) in [4.78, 5) is 19.6. The lowest BCUT2D eigenvalue weighted by Crippen LogP contribution is -2.10. The maximum absolute atomic E-state index is 11.1. The summed E-state index contributed by atoms with van der Waals surface area (Å²) in [5.74, 6) is 0.330. The fourth-order valence-corrected chi connectivity index (χ4v) is 1.84. The van der Waals surface area contributed by atoms with Gasteiger partial charge in [0.2, 0.25) is 5.91 Å². The van der Waals surface area contributed by atoms with Crippen molar-refractivity contribution in [2.75, 3.05) is 0 Å². The molecule has 88 valence electrons. The maximum Gasteiger partial charge on any atom is 0.248 e. The van der Waals surface area contributed by atoms with Gasteiger partial charge in [0.05, 0.1) is 11.0 Å². The van der Waals surface area contributed by atoms with Crippen molar-refractivity contribution in [3.05, 3.63) is 54.5 Å². The van der Waals surface area contributed by atoms with E-state index < -0.39 is 5.91 Å². The molecule has 2 aromatic heterocycles. The monoisotopic (exact) mass is 238 g/mol. The molecular weight excluding hydrogens is 228 g/mol. The number of pyridine rings is 1. The zero-order chi connectivity index (χ0) is 12.5. The second-order valence-corrected chi connectivity index (χ2v) is 3.87. The van der Waals surface area contributed by atoms with E-state index in [1.165, 1.54) is 0 Å². The molecule has 5 nitrogen and oxygen atoms in total. The van der Waals surface area contributed by atoms with Gasteiger partial charge in [0.25, 0.3) is 0 Å². The van der Waals surface area contributed by atoms with Gasteiger partial charge in [-0.1, -0.05) is 6.07 Å². The van der Waals surface area contributed by atoms with Crippen molar-refractivity contribution in [1.82, 2.24) is 14.5 Å². The first kappa shape index (κ1) is 10.5. The zero-order valence-electron chi connectivity index (χ0n) is 9.45. The van der Waals surface area contributed by atoms with Crippen molar-refractivity contribution in [3.63, 3.8) is 0 Å². The van der Waals surface area contributed by atoms with Gasteiger partial charge in [-0.05, 0) is 30.3 Å². The highest BCUT2D eigenvalue weighted by Crippen LogP contribution is 2.17. The third-order valence-electron chi connectivity index (χ3n) is 2.73. The van der Waals surface area contributed by atoms with Crippen molar-refractivity contribution < 1.29 is 4.79 Å². The molecule has 0 aliphatic carbocycles. The summed E-state index contributed by atoms with van der Waals surface area (Å²) in [7, 11) is 0. The number of amides is 1. The predicted molar refractivity (Wildman–Crippen MR) is 67.4 cm³/mol. The van der Waals surface area contributed by atoms with Gasteiger partial charge in [0, 0.05) is 11.8 Å². The highest BCUT2D eigenvalue weighted by Gasteiger charge is 2.07. The van der Waals surface area contributed by atoms with Gasteiger partial charge in [-0.15, -0.1) is 0 Å². The highest BCUT2D eigenvalue weighted by molar-refractivity contribution is 5.96. The number of carbonyl (C=O) groups is 1. The molecule has 5 heteroatoms. The molecule has 0 bridgehead atoms. The molecule has 1 amide bonds. The molecule has 0 atom stereocenters. The summed E-state index contributed by atoms with van der Waals surface area (Å²) in [6, 6.07) is 10.8. The second kappa shape index (κ2) is 3.96. The minimum atomic E-state index is -0.454. The normalized spacial score (nSPS) is 10.7. The molecule has 3 aromatic rings. The summed E-state index contributed by atoms with van der Waals surface area (Å²) >= 11 is 0. The van der Waals surface area contributed by atoms with Crippen LogP contribution in [0.3, 0.4) is 0 Å². The molecule has 0 radical (unpaired) electrons. The molecule has 0 saturated heterocycles. The van der Waals surface area contributed by atoms with Crippen LogP contribution in [0.1, 0.15) is 10.4 Å². The fraction of sp³-hybridized carbons (Fsp3) is 0. The van der Waals surface area contributed by atoms with Crippen LogP contribution in [0.15, 0.2) is 48.9 Å². The van der Waals surface area contributed by atoms with E-state index in [2.05, 4.69) is 9.97 Å². The van der Waals surface area contributed by atoms with Gasteiger partial charge in [0.15, 0.2) is 0 Å². The molecule has 18 heavy (non-hydrogen) atoms. The number of fused-ring (bicyclic) bond motifs is 1. The van der Waals surface area contributed by atoms with Gasteiger partial charge in [-0.2, -0.15) is 0 Å². The maximum atomic E-state index is 11.1. The summed E-state index contributed by atoms with van der Waals surface area (Å²) in [6.45, 7) is 0. The first-order valence-corrected chi connectivity index (χ1v) is 5.44. The average Bonchev–Trinajstić information content (AvgIpc) is 2.82. The van der Waals surface area contributed by atoms with Crippen LogP contribution in [0.2, 0.25) is 0 Å². The molecule has 0 fully saturated rings. The topological polar surface area (TPSA) is 73.8 Å². The number of nitrogens with zero attached hydrogens (tertiary/aromatic N) is 3. The quantitative estimate of drug-likeness (QED) is 0.735. The summed E-state index contributed by atoms with van der Waals surface area (Å²) in [6.07, 6.45) is 3.40. The Balaban J connectivity index is 2.19. The Morgan fingerprint density at radius 3 is 2.78 bits per heavy atom. The zero-order valence-corrected chi connectivity index (χ0v) is 9.45. The Kier molecular flexibility index (Phi) is 2.30. The SMILES string of the molecule is NC(=O)c1ccc2c(c1)ncn2-c1ccccn1. The molecule has 0 aliphatic rings. The van der Waals surface area contributed by atoms with E-state index in [4.69, 9.17) is 5.73 Å². The largest absolute Gasteiger partial charge is 0.366 e. The van der Waals surface area contributed by atoms with Crippen LogP contribution in [0.25, 0.3) is 16.9 Å². The van der Waals surface area contributed by atoms with E-state index in [1.807, 2.05) is 28.8 Å². The van der Waals surface area contributed by atoms with E-state index in [0.29, 0.717) is 5.56 Å². The standard InChI is InChI=1S/C13H10N4O/c14-13(18)9-4-5-11-10(7-9)16-8-17(11)12-3-1-2-6-15-12/h1-8H,(H2,14,18). The second-order valence-electron chi connectivity index (χ2n) is 3.87. The van der Waals surface area contributed by atoms with Crippen LogP contribution in [-0.2, 0) is 0 Å². The number of primary amides is 1. The molecule has 3 rings (SSSR count). The first-order chi connectivity index (χ1) is 8.75. The molecule has 0 spiro atoms. The molecule has 2 N–H and O–H groups in total. The van der Waals surface area contributed by atoms with Crippen LogP contribution >= 0.6 is 0 Å². The predicted octanol–water partition coefficient (Wildman–Crippen LogP) is 1.52. The number of carbonyl (C=O) groups excluding carboxylic acids is 1. The lowest BCUT2D eigenvalue weighted by Gasteiger charge is -2.02. The Morgan fingerprint density at radius 2 is 2.06 bits per heavy atom. The lowest BCUT2D eigenvalue weighted by atomic mass is 10.2. The van der Waals surface area contributed by atoms with Crippen molar-refractivity contribution in [3.8, 4) is 5.82 Å². The van der Waals surface area contributed by atoms with Crippen molar-refractivity contribution in [2.24, 2.45) is 5.73 Å². The summed E-state index contributed by atoms with van der Waals surface area (Å²) < 4.78 is 1.86. The van der Waals surface area contributed by atoms with Gasteiger partial charge >= 0.3 is 0 Å². The van der Waals surface area contributed by atoms with E-state index in [1.54, 1.807) is 24.7 Å². The first-order valence-electron chi connectivity index (χ1n) is 5.44. The number of hydrogen-bond donors (Lipinski definition) is 1. The summed E-state index contributed by atoms with van der Waals surface area (Å²) in [5, 5.41) is 0. The smallest absolute Gasteiger partial charge is 0.248 e. The van der Waals surface area contributed by atoms with E-state index in [-0.39, 0.29) is 0 Å².